The zero-order valence-electron chi connectivity index (χ0n) is 14.9. The minimum absolute atomic E-state index is 0.0170. The number of nitrogens with zero attached hydrogens (tertiary/aromatic N) is 3. The maximum atomic E-state index is 12.2. The summed E-state index contributed by atoms with van der Waals surface area (Å²) < 4.78 is 6.79. The third-order valence-electron chi connectivity index (χ3n) is 5.24. The van der Waals surface area contributed by atoms with Crippen LogP contribution in [-0.2, 0) is 4.74 Å². The van der Waals surface area contributed by atoms with Crippen LogP contribution in [0, 0.1) is 11.8 Å². The fourth-order valence-corrected chi connectivity index (χ4v) is 3.38. The van der Waals surface area contributed by atoms with Crippen molar-refractivity contribution in [2.75, 3.05) is 32.0 Å². The molecule has 1 aromatic heterocycles. The highest BCUT2D eigenvalue weighted by Gasteiger charge is 2.33. The van der Waals surface area contributed by atoms with E-state index in [9.17, 15) is 9.59 Å². The molecule has 0 spiro atoms. The van der Waals surface area contributed by atoms with Crippen LogP contribution >= 0.6 is 0 Å². The van der Waals surface area contributed by atoms with Crippen LogP contribution in [0.5, 0.6) is 0 Å². The van der Waals surface area contributed by atoms with E-state index in [1.165, 1.54) is 6.42 Å². The standard InChI is InChI=1S/C17H27N5O3/c1-3-25-16(23)14-15(18)22(10-20-14)13-4-6-21(7-5-13)17(24)19-9-12-8-11(12)2/h10-13H,3-9,18H2,1-2H3,(H,19,24). The number of ether oxygens (including phenoxy) is 1. The molecule has 1 saturated carbocycles. The fraction of sp³-hybridized carbons (Fsp3) is 0.706. The lowest BCUT2D eigenvalue weighted by atomic mass is 10.1. The molecule has 2 atom stereocenters. The predicted octanol–water partition coefficient (Wildman–Crippen LogP) is 1.64. The molecule has 2 fully saturated rings. The number of nitrogen functional groups attached to an aromatic ring is 1. The second-order valence-corrected chi connectivity index (χ2v) is 6.98. The highest BCUT2D eigenvalue weighted by molar-refractivity contribution is 5.92. The van der Waals surface area contributed by atoms with E-state index in [0.717, 1.165) is 25.3 Å². The number of nitrogens with two attached hydrogens (primary N) is 1. The number of anilines is 1. The molecular weight excluding hydrogens is 322 g/mol. The minimum Gasteiger partial charge on any atom is -0.461 e. The third kappa shape index (κ3) is 3.88. The average molecular weight is 349 g/mol. The highest BCUT2D eigenvalue weighted by Crippen LogP contribution is 2.36. The molecular formula is C17H27N5O3. The number of carbonyl (C=O) groups excluding carboxylic acids is 2. The Bertz CT molecular complexity index is 636. The Morgan fingerprint density at radius 3 is 2.68 bits per heavy atom. The first-order chi connectivity index (χ1) is 12.0. The van der Waals surface area contributed by atoms with Crippen molar-refractivity contribution in [2.24, 2.45) is 11.8 Å². The zero-order chi connectivity index (χ0) is 18.0. The number of aromatic nitrogens is 2. The first kappa shape index (κ1) is 17.6. The molecule has 25 heavy (non-hydrogen) atoms. The molecule has 3 N–H and O–H groups in total. The van der Waals surface area contributed by atoms with Crippen LogP contribution in [0.4, 0.5) is 10.6 Å². The summed E-state index contributed by atoms with van der Waals surface area (Å²) in [7, 11) is 0. The third-order valence-corrected chi connectivity index (χ3v) is 5.24. The summed E-state index contributed by atoms with van der Waals surface area (Å²) in [5.74, 6) is 1.23. The van der Waals surface area contributed by atoms with E-state index in [-0.39, 0.29) is 24.4 Å². The Labute approximate surface area is 147 Å². The summed E-state index contributed by atoms with van der Waals surface area (Å²) in [6.07, 6.45) is 4.38. The van der Waals surface area contributed by atoms with Crippen molar-refractivity contribution in [2.45, 2.75) is 39.2 Å². The normalized spacial score (nSPS) is 23.4. The lowest BCUT2D eigenvalue weighted by Gasteiger charge is -2.33. The number of imidazole rings is 1. The molecule has 2 amide bonds. The van der Waals surface area contributed by atoms with Crippen LogP contribution in [0.2, 0.25) is 0 Å². The zero-order valence-corrected chi connectivity index (χ0v) is 14.9. The van der Waals surface area contributed by atoms with Crippen LogP contribution in [0.15, 0.2) is 6.33 Å². The Hall–Kier alpha value is -2.25. The van der Waals surface area contributed by atoms with Gasteiger partial charge < -0.3 is 25.3 Å². The van der Waals surface area contributed by atoms with E-state index in [0.29, 0.717) is 24.8 Å². The monoisotopic (exact) mass is 349 g/mol. The largest absolute Gasteiger partial charge is 0.461 e. The number of urea groups is 1. The minimum atomic E-state index is -0.495. The van der Waals surface area contributed by atoms with Gasteiger partial charge in [0.15, 0.2) is 5.69 Å². The highest BCUT2D eigenvalue weighted by atomic mass is 16.5. The molecule has 138 valence electrons. The molecule has 3 rings (SSSR count). The lowest BCUT2D eigenvalue weighted by Crippen LogP contribution is -2.45. The molecule has 2 unspecified atom stereocenters. The van der Waals surface area contributed by atoms with Crippen molar-refractivity contribution >= 4 is 17.8 Å². The maximum absolute atomic E-state index is 12.2. The molecule has 1 aromatic rings. The number of hydrogen-bond acceptors (Lipinski definition) is 5. The van der Waals surface area contributed by atoms with E-state index in [1.807, 2.05) is 9.47 Å². The van der Waals surface area contributed by atoms with Gasteiger partial charge in [0.1, 0.15) is 5.82 Å². The van der Waals surface area contributed by atoms with Gasteiger partial charge in [0.05, 0.1) is 12.9 Å². The summed E-state index contributed by atoms with van der Waals surface area (Å²) in [5, 5.41) is 3.03. The first-order valence-corrected chi connectivity index (χ1v) is 9.03. The van der Waals surface area contributed by atoms with Gasteiger partial charge in [-0.3, -0.25) is 0 Å². The van der Waals surface area contributed by atoms with Crippen molar-refractivity contribution in [3.63, 3.8) is 0 Å². The van der Waals surface area contributed by atoms with Gasteiger partial charge in [0, 0.05) is 25.7 Å². The molecule has 0 aromatic carbocycles. The number of likely N-dealkylation sites (tertiary alicyclic amines) is 1. The van der Waals surface area contributed by atoms with Crippen molar-refractivity contribution in [1.29, 1.82) is 0 Å². The van der Waals surface area contributed by atoms with Gasteiger partial charge in [0.2, 0.25) is 0 Å². The van der Waals surface area contributed by atoms with Crippen LogP contribution < -0.4 is 11.1 Å². The summed E-state index contributed by atoms with van der Waals surface area (Å²) >= 11 is 0. The maximum Gasteiger partial charge on any atom is 0.360 e. The number of hydrogen-bond donors (Lipinski definition) is 2. The molecule has 0 radical (unpaired) electrons. The van der Waals surface area contributed by atoms with Gasteiger partial charge in [-0.25, -0.2) is 14.6 Å². The van der Waals surface area contributed by atoms with Gasteiger partial charge in [-0.15, -0.1) is 0 Å². The van der Waals surface area contributed by atoms with Crippen molar-refractivity contribution in [1.82, 2.24) is 19.8 Å². The molecule has 1 aliphatic heterocycles. The van der Waals surface area contributed by atoms with Crippen molar-refractivity contribution in [3.05, 3.63) is 12.0 Å². The summed E-state index contributed by atoms with van der Waals surface area (Å²) in [5.41, 5.74) is 6.23. The van der Waals surface area contributed by atoms with Crippen LogP contribution in [0.3, 0.4) is 0 Å². The van der Waals surface area contributed by atoms with E-state index in [2.05, 4.69) is 17.2 Å². The quantitative estimate of drug-likeness (QED) is 0.787. The molecule has 8 heteroatoms. The van der Waals surface area contributed by atoms with Crippen molar-refractivity contribution in [3.8, 4) is 0 Å². The second kappa shape index (κ2) is 7.33. The summed E-state index contributed by atoms with van der Waals surface area (Å²) in [4.78, 5) is 30.0. The Morgan fingerprint density at radius 2 is 2.08 bits per heavy atom. The predicted molar refractivity (Wildman–Crippen MR) is 93.1 cm³/mol. The van der Waals surface area contributed by atoms with E-state index in [4.69, 9.17) is 10.5 Å². The fourth-order valence-electron chi connectivity index (χ4n) is 3.38. The number of esters is 1. The van der Waals surface area contributed by atoms with Gasteiger partial charge in [-0.1, -0.05) is 6.92 Å². The van der Waals surface area contributed by atoms with Gasteiger partial charge in [-0.2, -0.15) is 0 Å². The lowest BCUT2D eigenvalue weighted by molar-refractivity contribution is 0.0521. The van der Waals surface area contributed by atoms with E-state index in [1.54, 1.807) is 13.3 Å². The molecule has 2 heterocycles. The number of rotatable bonds is 5. The first-order valence-electron chi connectivity index (χ1n) is 9.03. The van der Waals surface area contributed by atoms with Gasteiger partial charge in [-0.05, 0) is 38.0 Å². The Morgan fingerprint density at radius 1 is 1.40 bits per heavy atom. The van der Waals surface area contributed by atoms with Crippen LogP contribution in [0.25, 0.3) is 0 Å². The molecule has 2 aliphatic rings. The summed E-state index contributed by atoms with van der Waals surface area (Å²) in [6.45, 7) is 6.36. The number of amides is 2. The molecule has 1 saturated heterocycles. The molecule has 1 aliphatic carbocycles. The number of carbonyl (C=O) groups is 2. The van der Waals surface area contributed by atoms with Crippen molar-refractivity contribution < 1.29 is 14.3 Å². The Kier molecular flexibility index (Phi) is 5.15. The number of piperidine rings is 1. The topological polar surface area (TPSA) is 102 Å². The second-order valence-electron chi connectivity index (χ2n) is 6.98. The summed E-state index contributed by atoms with van der Waals surface area (Å²) in [6, 6.07) is 0.159. The molecule has 8 nitrogen and oxygen atoms in total. The SMILES string of the molecule is CCOC(=O)c1ncn(C2CCN(C(=O)NCC3CC3C)CC2)c1N. The van der Waals surface area contributed by atoms with E-state index < -0.39 is 5.97 Å². The Balaban J connectivity index is 1.52. The molecule has 0 bridgehead atoms. The van der Waals surface area contributed by atoms with Crippen LogP contribution in [-0.4, -0.2) is 52.7 Å². The number of nitrogens with one attached hydrogen (secondary N) is 1. The van der Waals surface area contributed by atoms with Gasteiger partial charge in [0.25, 0.3) is 0 Å². The average Bonchev–Trinajstić information content (AvgIpc) is 3.18. The smallest absolute Gasteiger partial charge is 0.360 e. The van der Waals surface area contributed by atoms with E-state index >= 15 is 0 Å². The van der Waals surface area contributed by atoms with Gasteiger partial charge >= 0.3 is 12.0 Å². The van der Waals surface area contributed by atoms with Crippen LogP contribution in [0.1, 0.15) is 49.6 Å².